The maximum absolute atomic E-state index is 6.01. The van der Waals surface area contributed by atoms with Crippen molar-refractivity contribution < 1.29 is 0 Å². The maximum atomic E-state index is 6.01. The summed E-state index contributed by atoms with van der Waals surface area (Å²) in [5.74, 6) is 0.623. The lowest BCUT2D eigenvalue weighted by molar-refractivity contribution is 0.779. The van der Waals surface area contributed by atoms with Crippen molar-refractivity contribution >= 4 is 33.3 Å². The van der Waals surface area contributed by atoms with Crippen molar-refractivity contribution in [3.05, 3.63) is 33.9 Å². The fraction of sp³-hybridized carbons (Fsp3) is 0.100. The number of anilines is 1. The topological polar surface area (TPSA) is 43.8 Å². The van der Waals surface area contributed by atoms with Crippen LogP contribution in [0.15, 0.2) is 28.9 Å². The van der Waals surface area contributed by atoms with Gasteiger partial charge >= 0.3 is 0 Å². The average Bonchev–Trinajstić information content (AvgIpc) is 2.53. The van der Waals surface area contributed by atoms with Gasteiger partial charge in [0.15, 0.2) is 0 Å². The molecule has 0 aliphatic carbocycles. The molecule has 0 aliphatic heterocycles. The summed E-state index contributed by atoms with van der Waals surface area (Å²) >= 11 is 9.44. The molecule has 0 unspecified atom stereocenters. The van der Waals surface area contributed by atoms with Gasteiger partial charge in [-0.25, -0.2) is 0 Å². The van der Waals surface area contributed by atoms with Crippen molar-refractivity contribution in [2.75, 3.05) is 5.73 Å². The standard InChI is InChI=1S/C10H9BrClN3/c1-15-10(13)7(5-14-15)6-3-2-4-8(12)9(6)11/h2-5H,13H2,1H3. The van der Waals surface area contributed by atoms with Crippen LogP contribution in [0.1, 0.15) is 0 Å². The predicted molar refractivity (Wildman–Crippen MR) is 65.8 cm³/mol. The van der Waals surface area contributed by atoms with Gasteiger partial charge in [-0.05, 0) is 22.0 Å². The summed E-state index contributed by atoms with van der Waals surface area (Å²) in [5.41, 5.74) is 7.72. The minimum absolute atomic E-state index is 0.623. The van der Waals surface area contributed by atoms with Gasteiger partial charge in [0, 0.05) is 22.6 Å². The first-order valence-corrected chi connectivity index (χ1v) is 5.50. The number of benzene rings is 1. The number of halogens is 2. The smallest absolute Gasteiger partial charge is 0.129 e. The highest BCUT2D eigenvalue weighted by molar-refractivity contribution is 9.10. The summed E-state index contributed by atoms with van der Waals surface area (Å²) in [6.07, 6.45) is 1.73. The first kappa shape index (κ1) is 10.5. The van der Waals surface area contributed by atoms with Gasteiger partial charge in [-0.2, -0.15) is 5.10 Å². The van der Waals surface area contributed by atoms with Crippen LogP contribution in [0.4, 0.5) is 5.82 Å². The summed E-state index contributed by atoms with van der Waals surface area (Å²) in [6.45, 7) is 0. The first-order valence-electron chi connectivity index (χ1n) is 4.33. The van der Waals surface area contributed by atoms with Crippen LogP contribution >= 0.6 is 27.5 Å². The van der Waals surface area contributed by atoms with E-state index in [4.69, 9.17) is 17.3 Å². The van der Waals surface area contributed by atoms with E-state index >= 15 is 0 Å². The molecule has 0 fully saturated rings. The summed E-state index contributed by atoms with van der Waals surface area (Å²) in [6, 6.07) is 5.65. The van der Waals surface area contributed by atoms with Gasteiger partial charge < -0.3 is 5.73 Å². The van der Waals surface area contributed by atoms with Gasteiger partial charge in [-0.3, -0.25) is 4.68 Å². The molecule has 78 valence electrons. The number of aryl methyl sites for hydroxylation is 1. The summed E-state index contributed by atoms with van der Waals surface area (Å²) < 4.78 is 2.47. The highest BCUT2D eigenvalue weighted by atomic mass is 79.9. The molecule has 1 aromatic carbocycles. The predicted octanol–water partition coefficient (Wildman–Crippen LogP) is 3.09. The fourth-order valence-electron chi connectivity index (χ4n) is 1.37. The molecular weight excluding hydrogens is 277 g/mol. The van der Waals surface area contributed by atoms with Gasteiger partial charge in [-0.1, -0.05) is 23.7 Å². The molecule has 2 N–H and O–H groups in total. The second-order valence-corrected chi connectivity index (χ2v) is 4.37. The lowest BCUT2D eigenvalue weighted by Gasteiger charge is -2.05. The summed E-state index contributed by atoms with van der Waals surface area (Å²) in [7, 11) is 1.80. The molecule has 0 atom stereocenters. The molecule has 1 aromatic heterocycles. The van der Waals surface area contributed by atoms with Gasteiger partial charge in [0.2, 0.25) is 0 Å². The molecule has 0 saturated carbocycles. The Hall–Kier alpha value is -1.00. The number of rotatable bonds is 1. The second-order valence-electron chi connectivity index (χ2n) is 3.17. The molecule has 5 heteroatoms. The van der Waals surface area contributed by atoms with E-state index in [0.29, 0.717) is 10.8 Å². The minimum atomic E-state index is 0.623. The number of hydrogen-bond donors (Lipinski definition) is 1. The molecule has 0 radical (unpaired) electrons. The van der Waals surface area contributed by atoms with Gasteiger partial charge in [0.1, 0.15) is 5.82 Å². The Balaban J connectivity index is 2.64. The minimum Gasteiger partial charge on any atom is -0.383 e. The van der Waals surface area contributed by atoms with Crippen LogP contribution in [0.5, 0.6) is 0 Å². The molecule has 2 rings (SSSR count). The molecule has 0 amide bonds. The van der Waals surface area contributed by atoms with Crippen LogP contribution in [0.25, 0.3) is 11.1 Å². The molecule has 2 aromatic rings. The van der Waals surface area contributed by atoms with Crippen molar-refractivity contribution in [3.63, 3.8) is 0 Å². The van der Waals surface area contributed by atoms with E-state index in [2.05, 4.69) is 21.0 Å². The Morgan fingerprint density at radius 3 is 2.73 bits per heavy atom. The molecule has 1 heterocycles. The van der Waals surface area contributed by atoms with Crippen LogP contribution in [0.2, 0.25) is 5.02 Å². The molecule has 0 aliphatic rings. The van der Waals surface area contributed by atoms with E-state index in [9.17, 15) is 0 Å². The molecule has 3 nitrogen and oxygen atoms in total. The van der Waals surface area contributed by atoms with Crippen molar-refractivity contribution in [1.82, 2.24) is 9.78 Å². The highest BCUT2D eigenvalue weighted by Gasteiger charge is 2.11. The third kappa shape index (κ3) is 1.75. The third-order valence-electron chi connectivity index (χ3n) is 2.23. The van der Waals surface area contributed by atoms with Crippen LogP contribution in [-0.4, -0.2) is 9.78 Å². The monoisotopic (exact) mass is 285 g/mol. The van der Waals surface area contributed by atoms with Crippen molar-refractivity contribution in [1.29, 1.82) is 0 Å². The largest absolute Gasteiger partial charge is 0.383 e. The number of hydrogen-bond acceptors (Lipinski definition) is 2. The van der Waals surface area contributed by atoms with E-state index in [0.717, 1.165) is 15.6 Å². The summed E-state index contributed by atoms with van der Waals surface area (Å²) in [5, 5.41) is 4.75. The van der Waals surface area contributed by atoms with E-state index in [1.165, 1.54) is 0 Å². The Morgan fingerprint density at radius 2 is 2.13 bits per heavy atom. The number of nitrogens with two attached hydrogens (primary N) is 1. The number of aromatic nitrogens is 2. The molecule has 0 bridgehead atoms. The van der Waals surface area contributed by atoms with Gasteiger partial charge in [0.05, 0.1) is 11.2 Å². The van der Waals surface area contributed by atoms with Crippen LogP contribution in [0, 0.1) is 0 Å². The quantitative estimate of drug-likeness (QED) is 0.875. The van der Waals surface area contributed by atoms with E-state index in [1.54, 1.807) is 17.9 Å². The Kier molecular flexibility index (Phi) is 2.71. The van der Waals surface area contributed by atoms with Crippen molar-refractivity contribution in [2.45, 2.75) is 0 Å². The van der Waals surface area contributed by atoms with Crippen LogP contribution in [0.3, 0.4) is 0 Å². The zero-order valence-corrected chi connectivity index (χ0v) is 10.4. The Bertz CT molecular complexity index is 507. The molecule has 0 saturated heterocycles. The van der Waals surface area contributed by atoms with Crippen LogP contribution in [-0.2, 0) is 7.05 Å². The Morgan fingerprint density at radius 1 is 1.40 bits per heavy atom. The number of nitrogens with zero attached hydrogens (tertiary/aromatic N) is 2. The zero-order valence-electron chi connectivity index (χ0n) is 8.04. The molecule has 0 spiro atoms. The van der Waals surface area contributed by atoms with Crippen molar-refractivity contribution in [3.8, 4) is 11.1 Å². The first-order chi connectivity index (χ1) is 7.11. The molecule has 15 heavy (non-hydrogen) atoms. The van der Waals surface area contributed by atoms with E-state index in [1.807, 2.05) is 18.2 Å². The summed E-state index contributed by atoms with van der Waals surface area (Å²) in [4.78, 5) is 0. The zero-order chi connectivity index (χ0) is 11.0. The number of nitrogen functional groups attached to an aromatic ring is 1. The fourth-order valence-corrected chi connectivity index (χ4v) is 2.02. The van der Waals surface area contributed by atoms with Gasteiger partial charge in [0.25, 0.3) is 0 Å². The average molecular weight is 287 g/mol. The maximum Gasteiger partial charge on any atom is 0.129 e. The van der Waals surface area contributed by atoms with E-state index in [-0.39, 0.29) is 0 Å². The van der Waals surface area contributed by atoms with E-state index < -0.39 is 0 Å². The normalized spacial score (nSPS) is 10.6. The second kappa shape index (κ2) is 3.87. The Labute approximate surface area is 101 Å². The van der Waals surface area contributed by atoms with Crippen LogP contribution < -0.4 is 5.73 Å². The lowest BCUT2D eigenvalue weighted by atomic mass is 10.1. The highest BCUT2D eigenvalue weighted by Crippen LogP contribution is 2.35. The van der Waals surface area contributed by atoms with Crippen molar-refractivity contribution in [2.24, 2.45) is 7.05 Å². The molecular formula is C10H9BrClN3. The SMILES string of the molecule is Cn1ncc(-c2cccc(Cl)c2Br)c1N. The van der Waals surface area contributed by atoms with Gasteiger partial charge in [-0.15, -0.1) is 0 Å². The lowest BCUT2D eigenvalue weighted by Crippen LogP contribution is -1.98. The third-order valence-corrected chi connectivity index (χ3v) is 3.62.